The summed E-state index contributed by atoms with van der Waals surface area (Å²) in [6, 6.07) is 0.845. The first-order valence-electron chi connectivity index (χ1n) is 4.30. The van der Waals surface area contributed by atoms with E-state index >= 15 is 0 Å². The van der Waals surface area contributed by atoms with Gasteiger partial charge in [-0.15, -0.1) is 0 Å². The van der Waals surface area contributed by atoms with Crippen LogP contribution in [0.25, 0.3) is 0 Å². The molecule has 0 aromatic heterocycles. The van der Waals surface area contributed by atoms with Crippen molar-refractivity contribution in [1.82, 2.24) is 0 Å². The van der Waals surface area contributed by atoms with Gasteiger partial charge in [-0.25, -0.2) is 0 Å². The molecule has 0 aromatic carbocycles. The second-order valence-electron chi connectivity index (χ2n) is 3.38. The molecule has 2 heteroatoms. The fraction of sp³-hybridized carbons (Fsp3) is 1.00. The van der Waals surface area contributed by atoms with Crippen molar-refractivity contribution < 1.29 is 0 Å². The van der Waals surface area contributed by atoms with E-state index in [4.69, 9.17) is 11.5 Å². The Morgan fingerprint density at radius 2 is 1.10 bits per heavy atom. The molecule has 0 saturated heterocycles. The molecule has 0 bridgehead atoms. The summed E-state index contributed by atoms with van der Waals surface area (Å²) in [6.45, 7) is 0. The second kappa shape index (κ2) is 3.94. The van der Waals surface area contributed by atoms with Crippen LogP contribution in [0.15, 0.2) is 0 Å². The quantitative estimate of drug-likeness (QED) is 0.530. The fourth-order valence-corrected chi connectivity index (χ4v) is 1.53. The van der Waals surface area contributed by atoms with Gasteiger partial charge in [0.15, 0.2) is 0 Å². The predicted molar refractivity (Wildman–Crippen MR) is 43.7 cm³/mol. The molecule has 10 heavy (non-hydrogen) atoms. The Morgan fingerprint density at radius 1 is 0.700 bits per heavy atom. The summed E-state index contributed by atoms with van der Waals surface area (Å²) < 4.78 is 0. The van der Waals surface area contributed by atoms with Gasteiger partial charge in [0.25, 0.3) is 0 Å². The van der Waals surface area contributed by atoms with Gasteiger partial charge in [-0.1, -0.05) is 12.8 Å². The largest absolute Gasteiger partial charge is 0.328 e. The molecule has 60 valence electrons. The average molecular weight is 142 g/mol. The molecule has 1 saturated carbocycles. The Morgan fingerprint density at radius 3 is 1.50 bits per heavy atom. The SMILES string of the molecule is NC1CCCCC(N)CC1. The summed E-state index contributed by atoms with van der Waals surface area (Å²) in [4.78, 5) is 0. The molecule has 0 heterocycles. The van der Waals surface area contributed by atoms with Crippen molar-refractivity contribution in [2.24, 2.45) is 11.5 Å². The van der Waals surface area contributed by atoms with E-state index in [-0.39, 0.29) is 0 Å². The third-order valence-corrected chi connectivity index (χ3v) is 2.31. The lowest BCUT2D eigenvalue weighted by Crippen LogP contribution is -2.28. The van der Waals surface area contributed by atoms with E-state index in [0.717, 1.165) is 12.8 Å². The molecule has 1 fully saturated rings. The molecule has 0 aliphatic heterocycles. The van der Waals surface area contributed by atoms with Crippen LogP contribution in [-0.4, -0.2) is 12.1 Å². The summed E-state index contributed by atoms with van der Waals surface area (Å²) in [5.74, 6) is 0. The van der Waals surface area contributed by atoms with Gasteiger partial charge in [0.1, 0.15) is 0 Å². The standard InChI is InChI=1S/C8H18N2/c9-7-3-1-2-4-8(10)6-5-7/h7-8H,1-6,9-10H2. The first-order chi connectivity index (χ1) is 4.79. The normalized spacial score (nSPS) is 36.6. The van der Waals surface area contributed by atoms with Crippen molar-refractivity contribution in [3.05, 3.63) is 0 Å². The maximum Gasteiger partial charge on any atom is 0.00394 e. The van der Waals surface area contributed by atoms with Crippen molar-refractivity contribution in [1.29, 1.82) is 0 Å². The molecular formula is C8H18N2. The fourth-order valence-electron chi connectivity index (χ4n) is 1.53. The van der Waals surface area contributed by atoms with Crippen LogP contribution in [0.1, 0.15) is 38.5 Å². The molecule has 0 amide bonds. The monoisotopic (exact) mass is 142 g/mol. The van der Waals surface area contributed by atoms with E-state index in [2.05, 4.69) is 0 Å². The summed E-state index contributed by atoms with van der Waals surface area (Å²) >= 11 is 0. The van der Waals surface area contributed by atoms with E-state index < -0.39 is 0 Å². The molecule has 2 atom stereocenters. The molecule has 0 spiro atoms. The van der Waals surface area contributed by atoms with Crippen molar-refractivity contribution in [3.8, 4) is 0 Å². The van der Waals surface area contributed by atoms with Gasteiger partial charge in [-0.05, 0) is 25.7 Å². The highest BCUT2D eigenvalue weighted by molar-refractivity contribution is 4.71. The van der Waals surface area contributed by atoms with Crippen LogP contribution < -0.4 is 11.5 Å². The Bertz CT molecular complexity index is 81.3. The number of hydrogen-bond donors (Lipinski definition) is 2. The van der Waals surface area contributed by atoms with Gasteiger partial charge in [-0.2, -0.15) is 0 Å². The molecule has 0 aromatic rings. The zero-order valence-corrected chi connectivity index (χ0v) is 6.55. The Labute approximate surface area is 63.0 Å². The van der Waals surface area contributed by atoms with Gasteiger partial charge in [0.2, 0.25) is 0 Å². The molecular weight excluding hydrogens is 124 g/mol. The molecule has 2 unspecified atom stereocenters. The highest BCUT2D eigenvalue weighted by atomic mass is 14.7. The molecule has 1 aliphatic rings. The van der Waals surface area contributed by atoms with Crippen LogP contribution in [0.2, 0.25) is 0 Å². The summed E-state index contributed by atoms with van der Waals surface area (Å²) in [5, 5.41) is 0. The third kappa shape index (κ3) is 2.67. The van der Waals surface area contributed by atoms with Gasteiger partial charge < -0.3 is 11.5 Å². The third-order valence-electron chi connectivity index (χ3n) is 2.31. The molecule has 1 rings (SSSR count). The number of nitrogens with two attached hydrogens (primary N) is 2. The predicted octanol–water partition coefficient (Wildman–Crippen LogP) is 0.995. The van der Waals surface area contributed by atoms with Crippen LogP contribution in [0.3, 0.4) is 0 Å². The minimum Gasteiger partial charge on any atom is -0.328 e. The molecule has 2 nitrogen and oxygen atoms in total. The lowest BCUT2D eigenvalue weighted by molar-refractivity contribution is 0.416. The van der Waals surface area contributed by atoms with E-state index in [9.17, 15) is 0 Å². The second-order valence-corrected chi connectivity index (χ2v) is 3.38. The van der Waals surface area contributed by atoms with Crippen molar-refractivity contribution >= 4 is 0 Å². The van der Waals surface area contributed by atoms with Gasteiger partial charge in [-0.3, -0.25) is 0 Å². The average Bonchev–Trinajstić information content (AvgIpc) is 1.90. The van der Waals surface area contributed by atoms with Gasteiger partial charge in [0.05, 0.1) is 0 Å². The first-order valence-corrected chi connectivity index (χ1v) is 4.30. The Kier molecular flexibility index (Phi) is 3.16. The minimum atomic E-state index is 0.423. The zero-order valence-electron chi connectivity index (χ0n) is 6.55. The highest BCUT2D eigenvalue weighted by Gasteiger charge is 2.10. The molecule has 1 aliphatic carbocycles. The highest BCUT2D eigenvalue weighted by Crippen LogP contribution is 2.14. The molecule has 0 radical (unpaired) electrons. The van der Waals surface area contributed by atoms with E-state index in [0.29, 0.717) is 12.1 Å². The summed E-state index contributed by atoms with van der Waals surface area (Å²) in [7, 11) is 0. The lowest BCUT2D eigenvalue weighted by Gasteiger charge is -2.19. The summed E-state index contributed by atoms with van der Waals surface area (Å²) in [6.07, 6.45) is 7.20. The smallest absolute Gasteiger partial charge is 0.00394 e. The number of hydrogen-bond acceptors (Lipinski definition) is 2. The topological polar surface area (TPSA) is 52.0 Å². The van der Waals surface area contributed by atoms with Crippen molar-refractivity contribution in [3.63, 3.8) is 0 Å². The van der Waals surface area contributed by atoms with Crippen LogP contribution in [0.5, 0.6) is 0 Å². The summed E-state index contributed by atoms with van der Waals surface area (Å²) in [5.41, 5.74) is 11.6. The van der Waals surface area contributed by atoms with Crippen LogP contribution in [-0.2, 0) is 0 Å². The maximum atomic E-state index is 5.81. The lowest BCUT2D eigenvalue weighted by atomic mass is 9.94. The maximum absolute atomic E-state index is 5.81. The van der Waals surface area contributed by atoms with E-state index in [1.807, 2.05) is 0 Å². The Balaban J connectivity index is 2.23. The molecule has 4 N–H and O–H groups in total. The number of rotatable bonds is 0. The first kappa shape index (κ1) is 8.02. The Hall–Kier alpha value is -0.0800. The van der Waals surface area contributed by atoms with Crippen molar-refractivity contribution in [2.75, 3.05) is 0 Å². The van der Waals surface area contributed by atoms with Gasteiger partial charge in [0, 0.05) is 12.1 Å². The van der Waals surface area contributed by atoms with Crippen LogP contribution in [0, 0.1) is 0 Å². The van der Waals surface area contributed by atoms with Crippen LogP contribution >= 0.6 is 0 Å². The zero-order chi connectivity index (χ0) is 7.40. The van der Waals surface area contributed by atoms with E-state index in [1.165, 1.54) is 25.7 Å². The van der Waals surface area contributed by atoms with Gasteiger partial charge >= 0.3 is 0 Å². The van der Waals surface area contributed by atoms with Crippen molar-refractivity contribution in [2.45, 2.75) is 50.6 Å². The minimum absolute atomic E-state index is 0.423. The van der Waals surface area contributed by atoms with E-state index in [1.54, 1.807) is 0 Å². The van der Waals surface area contributed by atoms with Crippen LogP contribution in [0.4, 0.5) is 0 Å².